The highest BCUT2D eigenvalue weighted by Gasteiger charge is 2.33. The van der Waals surface area contributed by atoms with Crippen LogP contribution in [0, 0.1) is 11.3 Å². The molecule has 2 rings (SSSR count). The Morgan fingerprint density at radius 2 is 1.81 bits per heavy atom. The molecule has 1 aliphatic heterocycles. The summed E-state index contributed by atoms with van der Waals surface area (Å²) in [5.74, 6) is 1.63. The van der Waals surface area contributed by atoms with Crippen LogP contribution in [0.5, 0.6) is 0 Å². The largest absolute Gasteiger partial charge is 0.385 e. The number of guanidine groups is 1. The highest BCUT2D eigenvalue weighted by molar-refractivity contribution is 14.0. The van der Waals surface area contributed by atoms with Crippen LogP contribution in [-0.4, -0.2) is 63.8 Å². The molecule has 160 valence electrons. The molecule has 2 aliphatic rings. The number of ether oxygens (including phenoxy) is 1. The van der Waals surface area contributed by atoms with E-state index < -0.39 is 0 Å². The monoisotopic (exact) mass is 494 g/mol. The van der Waals surface area contributed by atoms with Crippen molar-refractivity contribution in [1.29, 1.82) is 0 Å². The molecule has 1 heterocycles. The Balaban J connectivity index is 0.00000364. The van der Waals surface area contributed by atoms with Gasteiger partial charge in [-0.2, -0.15) is 0 Å². The molecule has 0 spiro atoms. The van der Waals surface area contributed by atoms with Gasteiger partial charge in [0.2, 0.25) is 0 Å². The van der Waals surface area contributed by atoms with Gasteiger partial charge < -0.3 is 20.3 Å². The quantitative estimate of drug-likeness (QED) is 0.275. The number of likely N-dealkylation sites (tertiary alicyclic amines) is 1. The Kier molecular flexibility index (Phi) is 12.9. The van der Waals surface area contributed by atoms with Crippen LogP contribution < -0.4 is 10.6 Å². The average Bonchev–Trinajstić information content (AvgIpc) is 3.12. The van der Waals surface area contributed by atoms with Crippen molar-refractivity contribution in [2.75, 3.05) is 53.0 Å². The predicted octanol–water partition coefficient (Wildman–Crippen LogP) is 3.88. The minimum absolute atomic E-state index is 0. The fourth-order valence-electron chi connectivity index (χ4n) is 4.44. The van der Waals surface area contributed by atoms with Crippen molar-refractivity contribution in [1.82, 2.24) is 15.5 Å². The van der Waals surface area contributed by atoms with Crippen LogP contribution in [0.1, 0.15) is 65.2 Å². The van der Waals surface area contributed by atoms with Crippen LogP contribution in [0.3, 0.4) is 0 Å². The lowest BCUT2D eigenvalue weighted by Crippen LogP contribution is -2.43. The van der Waals surface area contributed by atoms with Crippen molar-refractivity contribution in [3.63, 3.8) is 0 Å². The minimum Gasteiger partial charge on any atom is -0.385 e. The van der Waals surface area contributed by atoms with Gasteiger partial charge >= 0.3 is 0 Å². The lowest BCUT2D eigenvalue weighted by Gasteiger charge is -2.29. The molecule has 0 aromatic heterocycles. The molecular weight excluding hydrogens is 451 g/mol. The molecule has 0 aromatic rings. The first-order valence-electron chi connectivity index (χ1n) is 10.9. The fraction of sp³-hybridized carbons (Fsp3) is 0.952. The standard InChI is InChI=1S/C21H42N4O.HI/c1-4-22-20(23-16-19(2)17-25-13-8-5-9-14-25)24-18-21(12-15-26-3)10-6-7-11-21;/h19H,4-18H2,1-3H3,(H2,22,23,24);1H. The molecule has 5 nitrogen and oxygen atoms in total. The van der Waals surface area contributed by atoms with Gasteiger partial charge in [0.1, 0.15) is 0 Å². The Hall–Kier alpha value is -0.0800. The predicted molar refractivity (Wildman–Crippen MR) is 126 cm³/mol. The van der Waals surface area contributed by atoms with Gasteiger partial charge in [-0.1, -0.05) is 26.2 Å². The molecule has 27 heavy (non-hydrogen) atoms. The Morgan fingerprint density at radius 1 is 1.11 bits per heavy atom. The van der Waals surface area contributed by atoms with Crippen molar-refractivity contribution >= 4 is 29.9 Å². The van der Waals surface area contributed by atoms with E-state index in [0.717, 1.165) is 38.6 Å². The second kappa shape index (κ2) is 14.0. The number of hydrogen-bond donors (Lipinski definition) is 2. The van der Waals surface area contributed by atoms with Gasteiger partial charge in [0.15, 0.2) is 5.96 Å². The molecule has 0 aromatic carbocycles. The minimum atomic E-state index is 0. The first-order chi connectivity index (χ1) is 12.7. The van der Waals surface area contributed by atoms with E-state index in [9.17, 15) is 0 Å². The summed E-state index contributed by atoms with van der Waals surface area (Å²) in [6.45, 7) is 11.9. The molecular formula is C21H43IN4O. The molecule has 1 atom stereocenters. The van der Waals surface area contributed by atoms with Crippen molar-refractivity contribution in [2.45, 2.75) is 65.2 Å². The van der Waals surface area contributed by atoms with E-state index in [1.54, 1.807) is 7.11 Å². The van der Waals surface area contributed by atoms with Gasteiger partial charge in [0, 0.05) is 39.9 Å². The average molecular weight is 495 g/mol. The molecule has 2 fully saturated rings. The number of hydrogen-bond acceptors (Lipinski definition) is 3. The molecule has 0 radical (unpaired) electrons. The number of nitrogens with zero attached hydrogens (tertiary/aromatic N) is 2. The summed E-state index contributed by atoms with van der Waals surface area (Å²) in [7, 11) is 1.81. The Labute approximate surface area is 184 Å². The normalized spacial score (nSPS) is 21.5. The van der Waals surface area contributed by atoms with Gasteiger partial charge in [0.05, 0.1) is 0 Å². The summed E-state index contributed by atoms with van der Waals surface area (Å²) in [6, 6.07) is 0. The Morgan fingerprint density at radius 3 is 2.44 bits per heavy atom. The third kappa shape index (κ3) is 9.31. The highest BCUT2D eigenvalue weighted by atomic mass is 127. The number of methoxy groups -OCH3 is 1. The molecule has 1 saturated heterocycles. The maximum Gasteiger partial charge on any atom is 0.191 e. The number of nitrogens with one attached hydrogen (secondary N) is 2. The van der Waals surface area contributed by atoms with Crippen molar-refractivity contribution < 1.29 is 4.74 Å². The number of halogens is 1. The maximum absolute atomic E-state index is 5.35. The zero-order chi connectivity index (χ0) is 18.7. The van der Waals surface area contributed by atoms with Gasteiger partial charge in [-0.3, -0.25) is 4.99 Å². The zero-order valence-electron chi connectivity index (χ0n) is 17.9. The van der Waals surface area contributed by atoms with Crippen LogP contribution in [0.2, 0.25) is 0 Å². The summed E-state index contributed by atoms with van der Waals surface area (Å²) < 4.78 is 5.35. The molecule has 1 aliphatic carbocycles. The zero-order valence-corrected chi connectivity index (χ0v) is 20.2. The van der Waals surface area contributed by atoms with E-state index in [1.165, 1.54) is 64.6 Å². The van der Waals surface area contributed by atoms with E-state index in [2.05, 4.69) is 29.4 Å². The molecule has 6 heteroatoms. The molecule has 1 unspecified atom stereocenters. The molecule has 0 bridgehead atoms. The lowest BCUT2D eigenvalue weighted by molar-refractivity contribution is 0.141. The van der Waals surface area contributed by atoms with E-state index >= 15 is 0 Å². The number of rotatable bonds is 10. The van der Waals surface area contributed by atoms with E-state index in [-0.39, 0.29) is 24.0 Å². The molecule has 1 saturated carbocycles. The maximum atomic E-state index is 5.35. The summed E-state index contributed by atoms with van der Waals surface area (Å²) >= 11 is 0. The smallest absolute Gasteiger partial charge is 0.191 e. The van der Waals surface area contributed by atoms with Crippen LogP contribution in [-0.2, 0) is 4.74 Å². The van der Waals surface area contributed by atoms with Crippen LogP contribution >= 0.6 is 24.0 Å². The first-order valence-corrected chi connectivity index (χ1v) is 10.9. The van der Waals surface area contributed by atoms with Crippen molar-refractivity contribution in [3.8, 4) is 0 Å². The Bertz CT molecular complexity index is 407. The lowest BCUT2D eigenvalue weighted by atomic mass is 9.83. The van der Waals surface area contributed by atoms with Crippen LogP contribution in [0.15, 0.2) is 4.99 Å². The SMILES string of the molecule is CCNC(=NCC1(CCOC)CCCC1)NCC(C)CN1CCCCC1.I. The van der Waals surface area contributed by atoms with Gasteiger partial charge in [0.25, 0.3) is 0 Å². The molecule has 2 N–H and O–H groups in total. The van der Waals surface area contributed by atoms with Gasteiger partial charge in [-0.15, -0.1) is 24.0 Å². The third-order valence-corrected chi connectivity index (χ3v) is 6.05. The van der Waals surface area contributed by atoms with Crippen molar-refractivity contribution in [2.24, 2.45) is 16.3 Å². The highest BCUT2D eigenvalue weighted by Crippen LogP contribution is 2.41. The summed E-state index contributed by atoms with van der Waals surface area (Å²) in [5.41, 5.74) is 0.359. The van der Waals surface area contributed by atoms with Gasteiger partial charge in [-0.05, 0) is 63.5 Å². The number of piperidine rings is 1. The third-order valence-electron chi connectivity index (χ3n) is 6.05. The topological polar surface area (TPSA) is 48.9 Å². The van der Waals surface area contributed by atoms with E-state index in [4.69, 9.17) is 9.73 Å². The second-order valence-corrected chi connectivity index (χ2v) is 8.49. The number of aliphatic imine (C=N–C) groups is 1. The van der Waals surface area contributed by atoms with Crippen LogP contribution in [0.25, 0.3) is 0 Å². The van der Waals surface area contributed by atoms with Crippen molar-refractivity contribution in [3.05, 3.63) is 0 Å². The summed E-state index contributed by atoms with van der Waals surface area (Å²) in [6.07, 6.45) is 10.6. The first kappa shape index (κ1) is 25.0. The fourth-order valence-corrected chi connectivity index (χ4v) is 4.44. The van der Waals surface area contributed by atoms with Crippen LogP contribution in [0.4, 0.5) is 0 Å². The van der Waals surface area contributed by atoms with Gasteiger partial charge in [-0.25, -0.2) is 0 Å². The summed E-state index contributed by atoms with van der Waals surface area (Å²) in [5, 5.41) is 7.02. The van der Waals surface area contributed by atoms with E-state index in [0.29, 0.717) is 11.3 Å². The second-order valence-electron chi connectivity index (χ2n) is 8.49. The van der Waals surface area contributed by atoms with E-state index in [1.807, 2.05) is 0 Å². The molecule has 0 amide bonds. The summed E-state index contributed by atoms with van der Waals surface area (Å²) in [4.78, 5) is 7.59.